The van der Waals surface area contributed by atoms with E-state index in [2.05, 4.69) is 37.4 Å². The molecule has 1 aromatic rings. The lowest BCUT2D eigenvalue weighted by molar-refractivity contribution is 0.0232. The molecule has 1 aromatic heterocycles. The van der Waals surface area contributed by atoms with Crippen molar-refractivity contribution in [3.8, 4) is 0 Å². The number of nitrogens with zero attached hydrogens (tertiary/aromatic N) is 2. The molecule has 2 rings (SSSR count). The molecule has 96 valence electrons. The Kier molecular flexibility index (Phi) is 4.05. The van der Waals surface area contributed by atoms with Gasteiger partial charge in [-0.3, -0.25) is 4.68 Å². The standard InChI is InChI=1S/C13H23N3O/c1-4-12-13(9-16(5-2)15-12)14-11-6-7-17-10(3)8-11/h9-11,14H,4-8H2,1-3H3. The molecular weight excluding hydrogens is 214 g/mol. The smallest absolute Gasteiger partial charge is 0.0853 e. The van der Waals surface area contributed by atoms with Crippen molar-refractivity contribution in [1.29, 1.82) is 0 Å². The molecule has 0 amide bonds. The average Bonchev–Trinajstić information content (AvgIpc) is 2.71. The highest BCUT2D eigenvalue weighted by molar-refractivity contribution is 5.47. The van der Waals surface area contributed by atoms with Crippen LogP contribution in [0.5, 0.6) is 0 Å². The fourth-order valence-corrected chi connectivity index (χ4v) is 2.35. The van der Waals surface area contributed by atoms with Crippen LogP contribution in [0.15, 0.2) is 6.20 Å². The molecule has 17 heavy (non-hydrogen) atoms. The lowest BCUT2D eigenvalue weighted by Gasteiger charge is -2.28. The topological polar surface area (TPSA) is 39.1 Å². The molecule has 0 saturated carbocycles. The van der Waals surface area contributed by atoms with Gasteiger partial charge in [-0.25, -0.2) is 0 Å². The molecule has 1 fully saturated rings. The van der Waals surface area contributed by atoms with Crippen molar-refractivity contribution in [2.45, 2.75) is 58.7 Å². The Hall–Kier alpha value is -1.03. The maximum absolute atomic E-state index is 5.57. The third-order valence-electron chi connectivity index (χ3n) is 3.34. The third-order valence-corrected chi connectivity index (χ3v) is 3.34. The van der Waals surface area contributed by atoms with Crippen LogP contribution in [0.2, 0.25) is 0 Å². The van der Waals surface area contributed by atoms with Gasteiger partial charge >= 0.3 is 0 Å². The van der Waals surface area contributed by atoms with E-state index in [4.69, 9.17) is 4.74 Å². The fraction of sp³-hybridized carbons (Fsp3) is 0.769. The van der Waals surface area contributed by atoms with Crippen LogP contribution >= 0.6 is 0 Å². The Balaban J connectivity index is 2.03. The Labute approximate surface area is 103 Å². The van der Waals surface area contributed by atoms with Gasteiger partial charge in [0, 0.05) is 25.4 Å². The second kappa shape index (κ2) is 5.54. The lowest BCUT2D eigenvalue weighted by atomic mass is 10.0. The highest BCUT2D eigenvalue weighted by Crippen LogP contribution is 2.21. The summed E-state index contributed by atoms with van der Waals surface area (Å²) in [5.74, 6) is 0. The van der Waals surface area contributed by atoms with Crippen molar-refractivity contribution in [3.05, 3.63) is 11.9 Å². The number of rotatable bonds is 4. The van der Waals surface area contributed by atoms with E-state index >= 15 is 0 Å². The van der Waals surface area contributed by atoms with Gasteiger partial charge in [-0.05, 0) is 33.1 Å². The zero-order valence-electron chi connectivity index (χ0n) is 11.1. The van der Waals surface area contributed by atoms with Gasteiger partial charge in [0.25, 0.3) is 0 Å². The predicted molar refractivity (Wildman–Crippen MR) is 69.3 cm³/mol. The zero-order valence-corrected chi connectivity index (χ0v) is 11.1. The van der Waals surface area contributed by atoms with Gasteiger partial charge in [0.1, 0.15) is 0 Å². The first kappa shape index (κ1) is 12.4. The van der Waals surface area contributed by atoms with Crippen LogP contribution in [0.4, 0.5) is 5.69 Å². The van der Waals surface area contributed by atoms with E-state index in [1.807, 2.05) is 4.68 Å². The first-order valence-corrected chi connectivity index (χ1v) is 6.67. The van der Waals surface area contributed by atoms with Crippen LogP contribution in [0, 0.1) is 0 Å². The summed E-state index contributed by atoms with van der Waals surface area (Å²) in [6, 6.07) is 0.526. The highest BCUT2D eigenvalue weighted by Gasteiger charge is 2.20. The van der Waals surface area contributed by atoms with Gasteiger partial charge in [-0.15, -0.1) is 0 Å². The summed E-state index contributed by atoms with van der Waals surface area (Å²) < 4.78 is 7.57. The minimum Gasteiger partial charge on any atom is -0.379 e. The Morgan fingerprint density at radius 1 is 1.53 bits per heavy atom. The van der Waals surface area contributed by atoms with E-state index in [9.17, 15) is 0 Å². The van der Waals surface area contributed by atoms with Gasteiger partial charge in [0.2, 0.25) is 0 Å². The van der Waals surface area contributed by atoms with Gasteiger partial charge < -0.3 is 10.1 Å². The molecule has 2 heterocycles. The molecule has 0 radical (unpaired) electrons. The summed E-state index contributed by atoms with van der Waals surface area (Å²) in [6.07, 6.45) is 5.64. The molecule has 1 aliphatic rings. The minimum atomic E-state index is 0.368. The molecule has 0 aliphatic carbocycles. The lowest BCUT2D eigenvalue weighted by Crippen LogP contribution is -2.32. The van der Waals surface area contributed by atoms with Gasteiger partial charge in [-0.2, -0.15) is 5.10 Å². The van der Waals surface area contributed by atoms with Crippen LogP contribution in [-0.2, 0) is 17.7 Å². The van der Waals surface area contributed by atoms with E-state index in [0.29, 0.717) is 12.1 Å². The monoisotopic (exact) mass is 237 g/mol. The van der Waals surface area contributed by atoms with Crippen molar-refractivity contribution in [2.24, 2.45) is 0 Å². The van der Waals surface area contributed by atoms with E-state index in [0.717, 1.165) is 32.4 Å². The molecule has 1 saturated heterocycles. The summed E-state index contributed by atoms with van der Waals surface area (Å²) in [7, 11) is 0. The molecule has 2 atom stereocenters. The molecule has 0 spiro atoms. The number of nitrogens with one attached hydrogen (secondary N) is 1. The van der Waals surface area contributed by atoms with Crippen molar-refractivity contribution in [1.82, 2.24) is 9.78 Å². The largest absolute Gasteiger partial charge is 0.379 e. The summed E-state index contributed by atoms with van der Waals surface area (Å²) in [6.45, 7) is 8.21. The average molecular weight is 237 g/mol. The van der Waals surface area contributed by atoms with Crippen molar-refractivity contribution < 1.29 is 4.74 Å². The maximum Gasteiger partial charge on any atom is 0.0853 e. The number of anilines is 1. The number of aromatic nitrogens is 2. The second-order valence-electron chi connectivity index (χ2n) is 4.75. The fourth-order valence-electron chi connectivity index (χ4n) is 2.35. The number of hydrogen-bond acceptors (Lipinski definition) is 3. The van der Waals surface area contributed by atoms with Crippen LogP contribution in [0.25, 0.3) is 0 Å². The molecule has 1 N–H and O–H groups in total. The predicted octanol–water partition coefficient (Wildman–Crippen LogP) is 2.44. The van der Waals surface area contributed by atoms with Crippen molar-refractivity contribution in [3.63, 3.8) is 0 Å². The van der Waals surface area contributed by atoms with Gasteiger partial charge in [0.05, 0.1) is 17.5 Å². The van der Waals surface area contributed by atoms with Gasteiger partial charge in [-0.1, -0.05) is 6.92 Å². The molecule has 2 unspecified atom stereocenters. The highest BCUT2D eigenvalue weighted by atomic mass is 16.5. The van der Waals surface area contributed by atoms with Gasteiger partial charge in [0.15, 0.2) is 0 Å². The number of aryl methyl sites for hydroxylation is 2. The van der Waals surface area contributed by atoms with Crippen molar-refractivity contribution in [2.75, 3.05) is 11.9 Å². The van der Waals surface area contributed by atoms with Crippen LogP contribution in [0.3, 0.4) is 0 Å². The number of hydrogen-bond donors (Lipinski definition) is 1. The van der Waals surface area contributed by atoms with Crippen molar-refractivity contribution >= 4 is 5.69 Å². The Bertz CT molecular complexity index is 362. The molecular formula is C13H23N3O. The van der Waals surface area contributed by atoms with E-state index in [1.165, 1.54) is 11.4 Å². The summed E-state index contributed by atoms with van der Waals surface area (Å²) >= 11 is 0. The molecule has 0 aromatic carbocycles. The quantitative estimate of drug-likeness (QED) is 0.874. The zero-order chi connectivity index (χ0) is 12.3. The Morgan fingerprint density at radius 2 is 2.35 bits per heavy atom. The number of ether oxygens (including phenoxy) is 1. The third kappa shape index (κ3) is 3.00. The van der Waals surface area contributed by atoms with E-state index in [-0.39, 0.29) is 0 Å². The SMILES string of the molecule is CCc1nn(CC)cc1NC1CCOC(C)C1. The van der Waals surface area contributed by atoms with Crippen LogP contribution in [0.1, 0.15) is 39.3 Å². The molecule has 1 aliphatic heterocycles. The summed E-state index contributed by atoms with van der Waals surface area (Å²) in [5.41, 5.74) is 2.37. The normalized spacial score (nSPS) is 24.9. The maximum atomic E-state index is 5.57. The first-order valence-electron chi connectivity index (χ1n) is 6.67. The molecule has 0 bridgehead atoms. The van der Waals surface area contributed by atoms with Crippen LogP contribution < -0.4 is 5.32 Å². The second-order valence-corrected chi connectivity index (χ2v) is 4.75. The molecule has 4 heteroatoms. The van der Waals surface area contributed by atoms with E-state index < -0.39 is 0 Å². The summed E-state index contributed by atoms with van der Waals surface area (Å²) in [5, 5.41) is 8.18. The minimum absolute atomic E-state index is 0.368. The first-order chi connectivity index (χ1) is 8.22. The summed E-state index contributed by atoms with van der Waals surface area (Å²) in [4.78, 5) is 0. The Morgan fingerprint density at radius 3 is 3.00 bits per heavy atom. The van der Waals surface area contributed by atoms with Crippen LogP contribution in [-0.4, -0.2) is 28.5 Å². The molecule has 4 nitrogen and oxygen atoms in total. The van der Waals surface area contributed by atoms with E-state index in [1.54, 1.807) is 0 Å².